The van der Waals surface area contributed by atoms with Crippen molar-refractivity contribution in [2.24, 2.45) is 11.8 Å². The van der Waals surface area contributed by atoms with Gasteiger partial charge >= 0.3 is 0 Å². The second-order valence-corrected chi connectivity index (χ2v) is 6.15. The van der Waals surface area contributed by atoms with Crippen LogP contribution in [0.4, 0.5) is 0 Å². The smallest absolute Gasteiger partial charge is 0.0964 e. The van der Waals surface area contributed by atoms with Crippen LogP contribution in [0, 0.1) is 11.8 Å². The fourth-order valence-electron chi connectivity index (χ4n) is 2.54. The lowest BCUT2D eigenvalue weighted by molar-refractivity contribution is 0.238. The number of aromatic nitrogens is 3. The summed E-state index contributed by atoms with van der Waals surface area (Å²) in [5.74, 6) is 1.96. The minimum atomic E-state index is 0.799. The largest absolute Gasteiger partial charge is 0.314 e. The van der Waals surface area contributed by atoms with E-state index in [1.165, 1.54) is 38.8 Å². The third kappa shape index (κ3) is 4.28. The predicted molar refractivity (Wildman–Crippen MR) is 74.7 cm³/mol. The van der Waals surface area contributed by atoms with E-state index in [2.05, 4.69) is 26.7 Å². The van der Waals surface area contributed by atoms with Crippen LogP contribution in [-0.4, -0.2) is 46.6 Å². The number of hydrogen-bond acceptors (Lipinski definition) is 4. The summed E-state index contributed by atoms with van der Waals surface area (Å²) in [5, 5.41) is 11.5. The van der Waals surface area contributed by atoms with E-state index in [0.29, 0.717) is 0 Å². The topological polar surface area (TPSA) is 46.0 Å². The maximum atomic E-state index is 4.20. The van der Waals surface area contributed by atoms with E-state index in [1.54, 1.807) is 0 Å². The lowest BCUT2D eigenvalue weighted by atomic mass is 10.3. The molecule has 5 heteroatoms. The highest BCUT2D eigenvalue weighted by atomic mass is 15.4. The fourth-order valence-corrected chi connectivity index (χ4v) is 2.54. The van der Waals surface area contributed by atoms with Gasteiger partial charge in [0.15, 0.2) is 0 Å². The van der Waals surface area contributed by atoms with Gasteiger partial charge in [0, 0.05) is 32.4 Å². The third-order valence-electron chi connectivity index (χ3n) is 4.02. The summed E-state index contributed by atoms with van der Waals surface area (Å²) in [4.78, 5) is 2.65. The average molecular weight is 263 g/mol. The van der Waals surface area contributed by atoms with Gasteiger partial charge in [0.25, 0.3) is 0 Å². The number of rotatable bonds is 9. The minimum Gasteiger partial charge on any atom is -0.314 e. The first-order valence-electron chi connectivity index (χ1n) is 7.59. The molecule has 3 rings (SSSR count). The van der Waals surface area contributed by atoms with Crippen molar-refractivity contribution in [1.29, 1.82) is 0 Å². The van der Waals surface area contributed by atoms with Gasteiger partial charge in [-0.1, -0.05) is 5.21 Å². The van der Waals surface area contributed by atoms with E-state index in [0.717, 1.165) is 37.2 Å². The van der Waals surface area contributed by atoms with Crippen molar-refractivity contribution < 1.29 is 0 Å². The van der Waals surface area contributed by atoms with E-state index in [9.17, 15) is 0 Å². The molecule has 0 unspecified atom stereocenters. The monoisotopic (exact) mass is 263 g/mol. The van der Waals surface area contributed by atoms with Gasteiger partial charge in [0.1, 0.15) is 0 Å². The molecule has 1 aromatic rings. The Morgan fingerprint density at radius 3 is 2.53 bits per heavy atom. The van der Waals surface area contributed by atoms with Gasteiger partial charge in [-0.2, -0.15) is 0 Å². The molecule has 0 amide bonds. The Balaban J connectivity index is 1.46. The van der Waals surface area contributed by atoms with Crippen LogP contribution in [0.15, 0.2) is 6.20 Å². The minimum absolute atomic E-state index is 0.799. The maximum absolute atomic E-state index is 4.20. The van der Waals surface area contributed by atoms with E-state index < -0.39 is 0 Å². The molecule has 0 saturated heterocycles. The summed E-state index contributed by atoms with van der Waals surface area (Å²) in [5.41, 5.74) is 1.03. The number of hydrogen-bond donors (Lipinski definition) is 1. The Hall–Kier alpha value is -0.940. The number of nitrogens with one attached hydrogen (secondary N) is 1. The van der Waals surface area contributed by atoms with Gasteiger partial charge in [-0.15, -0.1) is 5.10 Å². The van der Waals surface area contributed by atoms with Gasteiger partial charge in [0.05, 0.1) is 12.2 Å². The Morgan fingerprint density at radius 1 is 1.26 bits per heavy atom. The van der Waals surface area contributed by atoms with Crippen LogP contribution in [0.5, 0.6) is 0 Å². The van der Waals surface area contributed by atoms with Gasteiger partial charge in [-0.05, 0) is 44.6 Å². The van der Waals surface area contributed by atoms with Crippen molar-refractivity contribution in [3.63, 3.8) is 0 Å². The zero-order valence-corrected chi connectivity index (χ0v) is 11.9. The molecule has 19 heavy (non-hydrogen) atoms. The van der Waals surface area contributed by atoms with E-state index in [4.69, 9.17) is 0 Å². The molecule has 0 spiro atoms. The van der Waals surface area contributed by atoms with Gasteiger partial charge in [0.2, 0.25) is 0 Å². The molecule has 106 valence electrons. The molecule has 0 atom stereocenters. The van der Waals surface area contributed by atoms with Crippen LogP contribution in [0.2, 0.25) is 0 Å². The lowest BCUT2D eigenvalue weighted by Crippen LogP contribution is -2.31. The SMILES string of the molecule is CNCc1cn(CCN(CC2CC2)CC2CC2)nn1. The van der Waals surface area contributed by atoms with Crippen molar-refractivity contribution in [2.75, 3.05) is 26.7 Å². The van der Waals surface area contributed by atoms with Crippen LogP contribution < -0.4 is 5.32 Å². The van der Waals surface area contributed by atoms with Crippen LogP contribution in [-0.2, 0) is 13.1 Å². The van der Waals surface area contributed by atoms with Crippen molar-refractivity contribution in [3.05, 3.63) is 11.9 Å². The van der Waals surface area contributed by atoms with Crippen molar-refractivity contribution in [2.45, 2.75) is 38.8 Å². The van der Waals surface area contributed by atoms with Gasteiger partial charge in [-0.3, -0.25) is 4.68 Å². The van der Waals surface area contributed by atoms with E-state index in [1.807, 2.05) is 11.7 Å². The summed E-state index contributed by atoms with van der Waals surface area (Å²) in [6.07, 6.45) is 7.82. The highest BCUT2D eigenvalue weighted by molar-refractivity contribution is 4.91. The Labute approximate surface area is 115 Å². The summed E-state index contributed by atoms with van der Waals surface area (Å²) in [7, 11) is 1.94. The highest BCUT2D eigenvalue weighted by Gasteiger charge is 2.28. The molecule has 2 aliphatic carbocycles. The molecular weight excluding hydrogens is 238 g/mol. The molecule has 0 aliphatic heterocycles. The van der Waals surface area contributed by atoms with Crippen molar-refractivity contribution >= 4 is 0 Å². The predicted octanol–water partition coefficient (Wildman–Crippen LogP) is 1.12. The van der Waals surface area contributed by atoms with E-state index in [-0.39, 0.29) is 0 Å². The van der Waals surface area contributed by atoms with Crippen molar-refractivity contribution in [1.82, 2.24) is 25.2 Å². The molecule has 0 aromatic carbocycles. The second kappa shape index (κ2) is 6.01. The molecule has 1 N–H and O–H groups in total. The Kier molecular flexibility index (Phi) is 4.13. The van der Waals surface area contributed by atoms with Crippen LogP contribution >= 0.6 is 0 Å². The van der Waals surface area contributed by atoms with E-state index >= 15 is 0 Å². The van der Waals surface area contributed by atoms with Gasteiger partial charge < -0.3 is 10.2 Å². The molecule has 0 radical (unpaired) electrons. The summed E-state index contributed by atoms with van der Waals surface area (Å²) >= 11 is 0. The molecule has 1 heterocycles. The van der Waals surface area contributed by atoms with Crippen molar-refractivity contribution in [3.8, 4) is 0 Å². The molecular formula is C14H25N5. The molecule has 0 bridgehead atoms. The average Bonchev–Trinajstić information content (AvgIpc) is 3.31. The molecule has 2 fully saturated rings. The molecule has 2 saturated carbocycles. The quantitative estimate of drug-likeness (QED) is 0.725. The first kappa shape index (κ1) is 13.1. The first-order chi connectivity index (χ1) is 9.33. The van der Waals surface area contributed by atoms with Gasteiger partial charge in [-0.25, -0.2) is 0 Å². The summed E-state index contributed by atoms with van der Waals surface area (Å²) < 4.78 is 1.99. The molecule has 5 nitrogen and oxygen atoms in total. The number of nitrogens with zero attached hydrogens (tertiary/aromatic N) is 4. The highest BCUT2D eigenvalue weighted by Crippen LogP contribution is 2.33. The second-order valence-electron chi connectivity index (χ2n) is 6.15. The third-order valence-corrected chi connectivity index (χ3v) is 4.02. The molecule has 2 aliphatic rings. The standard InChI is InChI=1S/C14H25N5/c1-15-8-14-11-19(17-16-14)7-6-18(9-12-2-3-12)10-13-4-5-13/h11-13,15H,2-10H2,1H3. The lowest BCUT2D eigenvalue weighted by Gasteiger charge is -2.21. The normalized spacial score (nSPS) is 19.3. The summed E-state index contributed by atoms with van der Waals surface area (Å²) in [6.45, 7) is 5.49. The maximum Gasteiger partial charge on any atom is 0.0964 e. The zero-order chi connectivity index (χ0) is 13.1. The molecule has 1 aromatic heterocycles. The van der Waals surface area contributed by atoms with Crippen LogP contribution in [0.25, 0.3) is 0 Å². The van der Waals surface area contributed by atoms with Crippen LogP contribution in [0.3, 0.4) is 0 Å². The van der Waals surface area contributed by atoms with Crippen LogP contribution in [0.1, 0.15) is 31.4 Å². The zero-order valence-electron chi connectivity index (χ0n) is 11.9. The first-order valence-corrected chi connectivity index (χ1v) is 7.59. The Bertz CT molecular complexity index is 380. The Morgan fingerprint density at radius 2 is 1.95 bits per heavy atom. The fraction of sp³-hybridized carbons (Fsp3) is 0.857. The summed E-state index contributed by atoms with van der Waals surface area (Å²) in [6, 6.07) is 0.